The van der Waals surface area contributed by atoms with Crippen LogP contribution in [-0.2, 0) is 20.7 Å². The van der Waals surface area contributed by atoms with Crippen molar-refractivity contribution in [2.24, 2.45) is 17.3 Å². The first-order valence-electron chi connectivity index (χ1n) is 15.0. The van der Waals surface area contributed by atoms with Gasteiger partial charge in [0.2, 0.25) is 0 Å². The summed E-state index contributed by atoms with van der Waals surface area (Å²) in [5.74, 6) is 1.03. The van der Waals surface area contributed by atoms with E-state index in [-0.39, 0.29) is 38.3 Å². The number of aldehydes is 1. The fourth-order valence-corrected chi connectivity index (χ4v) is 5.04. The van der Waals surface area contributed by atoms with Crippen LogP contribution in [0.1, 0.15) is 102 Å². The summed E-state index contributed by atoms with van der Waals surface area (Å²) >= 11 is 0. The van der Waals surface area contributed by atoms with Crippen LogP contribution in [0.2, 0.25) is 0 Å². The maximum absolute atomic E-state index is 11.7. The summed E-state index contributed by atoms with van der Waals surface area (Å²) in [5.41, 5.74) is 3.12. The summed E-state index contributed by atoms with van der Waals surface area (Å²) in [5, 5.41) is 26.9. The average molecular weight is 559 g/mol. The average Bonchev–Trinajstić information content (AvgIpc) is 2.98. The molecule has 2 rings (SSSR count). The van der Waals surface area contributed by atoms with Crippen molar-refractivity contribution < 1.29 is 29.6 Å². The third-order valence-electron chi connectivity index (χ3n) is 8.05. The van der Waals surface area contributed by atoms with E-state index in [0.29, 0.717) is 29.8 Å². The molecule has 3 N–H and O–H groups in total. The summed E-state index contributed by atoms with van der Waals surface area (Å²) in [4.78, 5) is 21.7. The highest BCUT2D eigenvalue weighted by Crippen LogP contribution is 2.38. The van der Waals surface area contributed by atoms with Crippen molar-refractivity contribution in [1.82, 2.24) is 0 Å². The van der Waals surface area contributed by atoms with Crippen molar-refractivity contribution in [3.63, 3.8) is 0 Å². The predicted octanol–water partition coefficient (Wildman–Crippen LogP) is 6.32. The van der Waals surface area contributed by atoms with Crippen LogP contribution in [0.4, 0.5) is 0 Å². The Bertz CT molecular complexity index is 880. The van der Waals surface area contributed by atoms with Crippen LogP contribution in [-0.4, -0.2) is 54.0 Å². The summed E-state index contributed by atoms with van der Waals surface area (Å²) in [6, 6.07) is 9.07. The van der Waals surface area contributed by atoms with Gasteiger partial charge in [-0.05, 0) is 80.4 Å². The molecule has 6 heteroatoms. The van der Waals surface area contributed by atoms with E-state index in [1.165, 1.54) is 62.5 Å². The molecule has 0 spiro atoms. The molecule has 1 atom stereocenters. The van der Waals surface area contributed by atoms with Gasteiger partial charge >= 0.3 is 5.97 Å². The molecule has 1 saturated carbocycles. The Hall–Kier alpha value is -2.28. The van der Waals surface area contributed by atoms with E-state index in [4.69, 9.17) is 14.9 Å². The molecule has 1 aromatic rings. The second-order valence-corrected chi connectivity index (χ2v) is 12.0. The second-order valence-electron chi connectivity index (χ2n) is 12.0. The molecule has 6 nitrogen and oxygen atoms in total. The molecule has 0 saturated heterocycles. The van der Waals surface area contributed by atoms with E-state index in [2.05, 4.69) is 44.3 Å². The minimum Gasteiger partial charge on any atom is -0.462 e. The number of unbranched alkanes of at least 4 members (excludes halogenated alkanes) is 2. The van der Waals surface area contributed by atoms with Crippen LogP contribution in [0.5, 0.6) is 0 Å². The molecular formula is C34H54O6. The van der Waals surface area contributed by atoms with Gasteiger partial charge in [-0.3, -0.25) is 4.79 Å². The second kappa shape index (κ2) is 19.7. The molecule has 0 radical (unpaired) electrons. The first kappa shape index (κ1) is 35.7. The summed E-state index contributed by atoms with van der Waals surface area (Å²) in [6.45, 7) is 12.9. The lowest BCUT2D eigenvalue weighted by Gasteiger charge is -2.29. The summed E-state index contributed by atoms with van der Waals surface area (Å²) in [7, 11) is 0. The molecule has 1 aromatic carbocycles. The molecule has 0 heterocycles. The zero-order chi connectivity index (χ0) is 30.0. The Kier molecular flexibility index (Phi) is 17.6. The lowest BCUT2D eigenvalue weighted by molar-refractivity contribution is -0.143. The van der Waals surface area contributed by atoms with Crippen molar-refractivity contribution in [3.8, 4) is 0 Å². The van der Waals surface area contributed by atoms with Gasteiger partial charge in [-0.25, -0.2) is 4.79 Å². The molecule has 1 aliphatic rings. The molecule has 226 valence electrons. The Morgan fingerprint density at radius 2 is 1.70 bits per heavy atom. The van der Waals surface area contributed by atoms with Gasteiger partial charge in [0.05, 0.1) is 13.2 Å². The molecule has 0 bridgehead atoms. The molecule has 0 amide bonds. The zero-order valence-corrected chi connectivity index (χ0v) is 25.2. The monoisotopic (exact) mass is 558 g/mol. The third kappa shape index (κ3) is 13.9. The number of ether oxygens (including phenoxy) is 1. The zero-order valence-electron chi connectivity index (χ0n) is 25.2. The first-order chi connectivity index (χ1) is 19.1. The van der Waals surface area contributed by atoms with Crippen molar-refractivity contribution in [1.29, 1.82) is 0 Å². The van der Waals surface area contributed by atoms with Gasteiger partial charge in [0.1, 0.15) is 6.29 Å². The first-order valence-corrected chi connectivity index (χ1v) is 15.0. The molecule has 40 heavy (non-hydrogen) atoms. The van der Waals surface area contributed by atoms with Crippen molar-refractivity contribution in [2.75, 3.05) is 26.4 Å². The number of allylic oxidation sites excluding steroid dienone is 1. The van der Waals surface area contributed by atoms with E-state index in [9.17, 15) is 14.7 Å². The van der Waals surface area contributed by atoms with Crippen molar-refractivity contribution in [3.05, 3.63) is 59.7 Å². The predicted molar refractivity (Wildman–Crippen MR) is 162 cm³/mol. The Balaban J connectivity index is 0.000000680. The molecule has 1 aliphatic carbocycles. The van der Waals surface area contributed by atoms with Crippen molar-refractivity contribution in [2.45, 2.75) is 97.3 Å². The number of aryl methyl sites for hydroxylation is 1. The van der Waals surface area contributed by atoms with Gasteiger partial charge in [-0.2, -0.15) is 0 Å². The van der Waals surface area contributed by atoms with Crippen LogP contribution in [0.15, 0.2) is 48.6 Å². The maximum Gasteiger partial charge on any atom is 0.333 e. The minimum atomic E-state index is -0.431. The maximum atomic E-state index is 11.7. The van der Waals surface area contributed by atoms with Gasteiger partial charge in [-0.1, -0.05) is 77.0 Å². The Morgan fingerprint density at radius 3 is 2.20 bits per heavy atom. The third-order valence-corrected chi connectivity index (χ3v) is 8.05. The largest absolute Gasteiger partial charge is 0.462 e. The van der Waals surface area contributed by atoms with Crippen LogP contribution in [0.3, 0.4) is 0 Å². The Labute approximate surface area is 242 Å². The summed E-state index contributed by atoms with van der Waals surface area (Å²) in [6.07, 6.45) is 13.6. The topological polar surface area (TPSA) is 104 Å². The summed E-state index contributed by atoms with van der Waals surface area (Å²) < 4.78 is 5.29. The fraction of sp³-hybridized carbons (Fsp3) is 0.647. The fourth-order valence-electron chi connectivity index (χ4n) is 5.04. The van der Waals surface area contributed by atoms with Crippen LogP contribution >= 0.6 is 0 Å². The standard InChI is InChI=1S/C27H42O3.C7H12O3/c1-5-6-7-8-22-9-13-24(14-10-22)25-15-11-23(12-16-25)17-18-27(4,19-28)20-30-26(29)21(2)3;1-6(3-8)2-7(4-9)5-10/h11-12,15-16,22,24,28H,2,5-10,13-14,17-20H2,1,3-4H3;3,7,9-10H,1-2,4-5H2. The highest BCUT2D eigenvalue weighted by atomic mass is 16.5. The lowest BCUT2D eigenvalue weighted by atomic mass is 9.77. The number of benzene rings is 1. The molecule has 0 aliphatic heterocycles. The van der Waals surface area contributed by atoms with Gasteiger partial charge < -0.3 is 20.1 Å². The van der Waals surface area contributed by atoms with Crippen LogP contribution in [0, 0.1) is 17.3 Å². The van der Waals surface area contributed by atoms with Crippen LogP contribution < -0.4 is 0 Å². The number of carbonyl (C=O) groups excluding carboxylic acids is 2. The highest BCUT2D eigenvalue weighted by Gasteiger charge is 2.26. The molecule has 1 unspecified atom stereocenters. The van der Waals surface area contributed by atoms with E-state index >= 15 is 0 Å². The highest BCUT2D eigenvalue weighted by molar-refractivity contribution is 5.86. The normalized spacial score (nSPS) is 18.3. The smallest absolute Gasteiger partial charge is 0.333 e. The molecule has 0 aromatic heterocycles. The van der Waals surface area contributed by atoms with E-state index in [0.717, 1.165) is 18.8 Å². The van der Waals surface area contributed by atoms with E-state index in [1.807, 2.05) is 6.92 Å². The van der Waals surface area contributed by atoms with Crippen LogP contribution in [0.25, 0.3) is 0 Å². The van der Waals surface area contributed by atoms with Gasteiger partial charge in [0, 0.05) is 30.1 Å². The lowest BCUT2D eigenvalue weighted by Crippen LogP contribution is -2.30. The van der Waals surface area contributed by atoms with E-state index in [1.54, 1.807) is 6.92 Å². The number of hydrogen-bond donors (Lipinski definition) is 3. The number of esters is 1. The molecule has 1 fully saturated rings. The number of carbonyl (C=O) groups is 2. The minimum absolute atomic E-state index is 0.00392. The Morgan fingerprint density at radius 1 is 1.07 bits per heavy atom. The SMILES string of the molecule is C=C(C)C(=O)OCC(C)(CO)CCc1ccc(C2CCC(CCCCC)CC2)cc1.C=C(C=O)CC(CO)CO. The van der Waals surface area contributed by atoms with Gasteiger partial charge in [0.15, 0.2) is 0 Å². The molecular weight excluding hydrogens is 504 g/mol. The van der Waals surface area contributed by atoms with Crippen molar-refractivity contribution >= 4 is 12.3 Å². The number of aliphatic hydroxyl groups excluding tert-OH is 3. The number of rotatable bonds is 17. The number of aliphatic hydroxyl groups is 3. The number of hydrogen-bond acceptors (Lipinski definition) is 6. The van der Waals surface area contributed by atoms with E-state index < -0.39 is 5.41 Å². The van der Waals surface area contributed by atoms with Gasteiger partial charge in [-0.15, -0.1) is 0 Å². The quantitative estimate of drug-likeness (QED) is 0.0894. The van der Waals surface area contributed by atoms with Gasteiger partial charge in [0.25, 0.3) is 0 Å².